The van der Waals surface area contributed by atoms with Gasteiger partial charge in [0, 0.05) is 31.7 Å². The maximum absolute atomic E-state index is 14.6. The highest BCUT2D eigenvalue weighted by Gasteiger charge is 2.79. The monoisotopic (exact) mass is 545 g/mol. The number of aliphatic hydroxyl groups is 1. The number of fused-ring (bicyclic) bond motifs is 1. The molecule has 0 aliphatic carbocycles. The molecule has 3 aliphatic rings. The normalized spacial score (nSPS) is 29.9. The van der Waals surface area contributed by atoms with Gasteiger partial charge in [0.2, 0.25) is 17.7 Å². The number of nitrogens with zero attached hydrogens (tertiary/aromatic N) is 3. The zero-order valence-corrected chi connectivity index (χ0v) is 25.3. The lowest BCUT2D eigenvalue weighted by molar-refractivity contribution is -0.158. The minimum absolute atomic E-state index is 0.0177. The quantitative estimate of drug-likeness (QED) is 0.356. The number of carbonyl (C=O) groups excluding carboxylic acids is 3. The molecule has 2 bridgehead atoms. The van der Waals surface area contributed by atoms with Crippen molar-refractivity contribution >= 4 is 17.7 Å². The Kier molecular flexibility index (Phi) is 9.13. The van der Waals surface area contributed by atoms with Crippen LogP contribution in [0.1, 0.15) is 80.6 Å². The van der Waals surface area contributed by atoms with Gasteiger partial charge in [-0.05, 0) is 51.4 Å². The fourth-order valence-electron chi connectivity index (χ4n) is 7.94. The molecule has 3 saturated heterocycles. The van der Waals surface area contributed by atoms with E-state index >= 15 is 0 Å². The Morgan fingerprint density at radius 3 is 2.26 bits per heavy atom. The second-order valence-electron chi connectivity index (χ2n) is 13.4. The number of hydrogen-bond donors (Lipinski definition) is 1. The Balaban J connectivity index is 2.13. The summed E-state index contributed by atoms with van der Waals surface area (Å²) in [5, 5.41) is 9.97. The van der Waals surface area contributed by atoms with Gasteiger partial charge in [-0.15, -0.1) is 13.2 Å². The number of ether oxygens (including phenoxy) is 1. The van der Waals surface area contributed by atoms with Crippen LogP contribution < -0.4 is 0 Å². The minimum Gasteiger partial charge on any atom is -0.395 e. The number of β-amino-alcohol motifs (C(OH)–C–C–N with tert-alkyl or cyclic N) is 1. The molecule has 8 heteroatoms. The fraction of sp³-hybridized carbons (Fsp3) is 0.774. The Bertz CT molecular complexity index is 972. The minimum atomic E-state index is -1.11. The van der Waals surface area contributed by atoms with Crippen LogP contribution in [0, 0.1) is 17.3 Å². The summed E-state index contributed by atoms with van der Waals surface area (Å²) in [5.74, 6) is -2.01. The molecule has 1 N–H and O–H groups in total. The van der Waals surface area contributed by atoms with E-state index in [0.717, 1.165) is 12.8 Å². The third-order valence-corrected chi connectivity index (χ3v) is 8.95. The Hall–Kier alpha value is -2.19. The van der Waals surface area contributed by atoms with Gasteiger partial charge in [-0.25, -0.2) is 0 Å². The van der Waals surface area contributed by atoms with E-state index in [0.29, 0.717) is 38.9 Å². The zero-order chi connectivity index (χ0) is 29.4. The lowest BCUT2D eigenvalue weighted by Crippen LogP contribution is -2.61. The van der Waals surface area contributed by atoms with Crippen molar-refractivity contribution in [1.29, 1.82) is 0 Å². The highest BCUT2D eigenvalue weighted by molar-refractivity contribution is 5.99. The van der Waals surface area contributed by atoms with E-state index < -0.39 is 34.6 Å². The van der Waals surface area contributed by atoms with Crippen molar-refractivity contribution in [3.8, 4) is 0 Å². The number of hydrogen-bond acceptors (Lipinski definition) is 5. The molecule has 39 heavy (non-hydrogen) atoms. The SMILES string of the molecule is C=CCN(CCC)C(=O)[C@@H]1[C@H]2C(=O)N(CCO)C(C(=O)N(CC=C)C(C)(C)CC(C)(C)C)C23CC[C@@]1(CC)O3. The van der Waals surface area contributed by atoms with Crippen molar-refractivity contribution in [3.05, 3.63) is 25.3 Å². The molecule has 3 rings (SSSR count). The van der Waals surface area contributed by atoms with E-state index in [-0.39, 0.29) is 36.3 Å². The van der Waals surface area contributed by atoms with Gasteiger partial charge in [-0.3, -0.25) is 14.4 Å². The molecule has 0 aromatic rings. The standard InChI is InChI=1S/C31H51N3O5/c1-10-16-32(17-11-2)25(36)22-23-26(37)33(19-20-35)24(31(23)15-14-30(22,13-4)39-31)27(38)34(18-12-3)29(8,9)21-28(5,6)7/h10,12,22-24,35H,1,3,11,13-21H2,2,4-9H3/t22-,23-,24?,30+,31?/m0/s1. The van der Waals surface area contributed by atoms with Gasteiger partial charge in [0.05, 0.1) is 24.0 Å². The first kappa shape index (κ1) is 31.3. The predicted octanol–water partition coefficient (Wildman–Crippen LogP) is 3.79. The molecule has 0 saturated carbocycles. The van der Waals surface area contributed by atoms with Gasteiger partial charge in [0.1, 0.15) is 11.6 Å². The summed E-state index contributed by atoms with van der Waals surface area (Å²) in [4.78, 5) is 48.1. The molecule has 1 spiro atoms. The second kappa shape index (κ2) is 11.4. The fourth-order valence-corrected chi connectivity index (χ4v) is 7.94. The third-order valence-electron chi connectivity index (χ3n) is 8.95. The van der Waals surface area contributed by atoms with Gasteiger partial charge in [0.15, 0.2) is 0 Å². The van der Waals surface area contributed by atoms with Crippen LogP contribution in [-0.4, -0.2) is 93.1 Å². The van der Waals surface area contributed by atoms with Gasteiger partial charge in [0.25, 0.3) is 0 Å². The number of carbonyl (C=O) groups is 3. The Labute approximate surface area is 235 Å². The van der Waals surface area contributed by atoms with E-state index in [1.807, 2.05) is 32.6 Å². The molecule has 0 aromatic carbocycles. The van der Waals surface area contributed by atoms with E-state index in [1.54, 1.807) is 17.1 Å². The molecule has 3 heterocycles. The maximum atomic E-state index is 14.6. The topological polar surface area (TPSA) is 90.4 Å². The largest absolute Gasteiger partial charge is 0.395 e. The van der Waals surface area contributed by atoms with Crippen molar-refractivity contribution in [2.75, 3.05) is 32.8 Å². The van der Waals surface area contributed by atoms with Crippen molar-refractivity contribution in [2.45, 2.75) is 103 Å². The molecular weight excluding hydrogens is 494 g/mol. The van der Waals surface area contributed by atoms with Crippen LogP contribution in [-0.2, 0) is 19.1 Å². The van der Waals surface area contributed by atoms with Crippen molar-refractivity contribution < 1.29 is 24.2 Å². The molecule has 3 amide bonds. The molecule has 2 unspecified atom stereocenters. The van der Waals surface area contributed by atoms with Crippen molar-refractivity contribution in [3.63, 3.8) is 0 Å². The molecule has 5 atom stereocenters. The summed E-state index contributed by atoms with van der Waals surface area (Å²) in [7, 11) is 0. The first-order valence-electron chi connectivity index (χ1n) is 14.6. The summed E-state index contributed by atoms with van der Waals surface area (Å²) < 4.78 is 6.89. The van der Waals surface area contributed by atoms with Crippen LogP contribution in [0.4, 0.5) is 0 Å². The Morgan fingerprint density at radius 2 is 1.74 bits per heavy atom. The van der Waals surface area contributed by atoms with Crippen LogP contribution >= 0.6 is 0 Å². The molecule has 0 radical (unpaired) electrons. The lowest BCUT2D eigenvalue weighted by atomic mass is 9.64. The van der Waals surface area contributed by atoms with E-state index in [2.05, 4.69) is 33.9 Å². The Morgan fingerprint density at radius 1 is 1.10 bits per heavy atom. The molecular formula is C31H51N3O5. The van der Waals surface area contributed by atoms with Gasteiger partial charge < -0.3 is 24.5 Å². The predicted molar refractivity (Wildman–Crippen MR) is 153 cm³/mol. The average molecular weight is 546 g/mol. The first-order chi connectivity index (χ1) is 18.2. The van der Waals surface area contributed by atoms with E-state index in [4.69, 9.17) is 4.74 Å². The lowest BCUT2D eigenvalue weighted by Gasteiger charge is -2.45. The smallest absolute Gasteiger partial charge is 0.249 e. The molecule has 8 nitrogen and oxygen atoms in total. The number of likely N-dealkylation sites (tertiary alicyclic amines) is 1. The number of rotatable bonds is 13. The van der Waals surface area contributed by atoms with Crippen LogP contribution in [0.15, 0.2) is 25.3 Å². The van der Waals surface area contributed by atoms with Crippen molar-refractivity contribution in [1.82, 2.24) is 14.7 Å². The van der Waals surface area contributed by atoms with Crippen LogP contribution in [0.2, 0.25) is 0 Å². The summed E-state index contributed by atoms with van der Waals surface area (Å²) >= 11 is 0. The molecule has 220 valence electrons. The third kappa shape index (κ3) is 5.31. The zero-order valence-electron chi connectivity index (χ0n) is 25.3. The first-order valence-corrected chi connectivity index (χ1v) is 14.6. The average Bonchev–Trinajstić information content (AvgIpc) is 3.44. The second-order valence-corrected chi connectivity index (χ2v) is 13.4. The van der Waals surface area contributed by atoms with Crippen molar-refractivity contribution in [2.24, 2.45) is 17.3 Å². The maximum Gasteiger partial charge on any atom is 0.249 e. The number of aliphatic hydroxyl groups excluding tert-OH is 1. The van der Waals surface area contributed by atoms with E-state index in [1.165, 1.54) is 4.90 Å². The highest BCUT2D eigenvalue weighted by atomic mass is 16.5. The highest BCUT2D eigenvalue weighted by Crippen LogP contribution is 2.64. The summed E-state index contributed by atoms with van der Waals surface area (Å²) in [6, 6.07) is -0.911. The molecule has 3 aliphatic heterocycles. The van der Waals surface area contributed by atoms with Crippen LogP contribution in [0.3, 0.4) is 0 Å². The summed E-state index contributed by atoms with van der Waals surface area (Å²) in [5.41, 5.74) is -2.47. The van der Waals surface area contributed by atoms with Crippen LogP contribution in [0.5, 0.6) is 0 Å². The number of amides is 3. The molecule has 0 aromatic heterocycles. The van der Waals surface area contributed by atoms with Gasteiger partial charge in [-0.2, -0.15) is 0 Å². The van der Waals surface area contributed by atoms with Crippen LogP contribution in [0.25, 0.3) is 0 Å². The molecule has 3 fully saturated rings. The van der Waals surface area contributed by atoms with Gasteiger partial charge >= 0.3 is 0 Å². The summed E-state index contributed by atoms with van der Waals surface area (Å²) in [6.07, 6.45) is 6.67. The summed E-state index contributed by atoms with van der Waals surface area (Å²) in [6.45, 7) is 23.3. The van der Waals surface area contributed by atoms with Gasteiger partial charge in [-0.1, -0.05) is 46.8 Å². The van der Waals surface area contributed by atoms with E-state index in [9.17, 15) is 19.5 Å².